The van der Waals surface area contributed by atoms with Crippen LogP contribution in [0.25, 0.3) is 0 Å². The van der Waals surface area contributed by atoms with Gasteiger partial charge in [0.15, 0.2) is 12.1 Å². The largest absolute Gasteiger partial charge is 0.477 e. The van der Waals surface area contributed by atoms with Crippen molar-refractivity contribution < 1.29 is 38.2 Å². The number of ether oxygens (including phenoxy) is 3. The summed E-state index contributed by atoms with van der Waals surface area (Å²) in [6.45, 7) is 4.21. The van der Waals surface area contributed by atoms with Crippen molar-refractivity contribution >= 4 is 17.9 Å². The second-order valence-electron chi connectivity index (χ2n) is 11.0. The fraction of sp³-hybridized carbons (Fsp3) is 0.719. The minimum Gasteiger partial charge on any atom is -0.477 e. The van der Waals surface area contributed by atoms with Gasteiger partial charge in [0.05, 0.1) is 34.4 Å². The lowest BCUT2D eigenvalue weighted by atomic mass is 10.1. The third-order valence-corrected chi connectivity index (χ3v) is 6.27. The number of carbonyl (C=O) groups excluding carboxylic acids is 2. The van der Waals surface area contributed by atoms with Gasteiger partial charge in [-0.3, -0.25) is 9.59 Å². The van der Waals surface area contributed by atoms with E-state index in [1.54, 1.807) is 0 Å². The van der Waals surface area contributed by atoms with Crippen LogP contribution in [-0.4, -0.2) is 80.6 Å². The number of allylic oxidation sites excluding steroid dienone is 6. The van der Waals surface area contributed by atoms with Crippen LogP contribution in [0.15, 0.2) is 36.5 Å². The average Bonchev–Trinajstić information content (AvgIpc) is 2.88. The number of carboxylic acid groups (broad SMARTS) is 1. The molecule has 0 fully saturated rings. The minimum atomic E-state index is -0.886. The van der Waals surface area contributed by atoms with Crippen LogP contribution in [0.2, 0.25) is 0 Å². The number of hydrogen-bond donors (Lipinski definition) is 1. The molecule has 0 rings (SSSR count). The molecule has 1 N–H and O–H groups in total. The highest BCUT2D eigenvalue weighted by molar-refractivity contribution is 5.72. The Morgan fingerprint density at radius 3 is 2.02 bits per heavy atom. The van der Waals surface area contributed by atoms with Crippen LogP contribution >= 0.6 is 0 Å². The van der Waals surface area contributed by atoms with Crippen LogP contribution in [-0.2, 0) is 28.6 Å². The summed E-state index contributed by atoms with van der Waals surface area (Å²) in [7, 11) is 5.46. The molecule has 0 aromatic carbocycles. The molecular formula is C32H56NO7+. The van der Waals surface area contributed by atoms with Crippen molar-refractivity contribution in [1.82, 2.24) is 0 Å². The molecule has 2 unspecified atom stereocenters. The fourth-order valence-electron chi connectivity index (χ4n) is 3.96. The quantitative estimate of drug-likeness (QED) is 0.0591. The Balaban J connectivity index is 4.26. The Morgan fingerprint density at radius 1 is 0.775 bits per heavy atom. The first kappa shape index (κ1) is 37.6. The first-order chi connectivity index (χ1) is 19.1. The molecule has 0 bridgehead atoms. The number of carbonyl (C=O) groups is 3. The summed E-state index contributed by atoms with van der Waals surface area (Å²) in [5, 5.41) is 9.46. The molecule has 40 heavy (non-hydrogen) atoms. The van der Waals surface area contributed by atoms with Crippen molar-refractivity contribution in [3.8, 4) is 0 Å². The third-order valence-electron chi connectivity index (χ3n) is 6.27. The summed E-state index contributed by atoms with van der Waals surface area (Å²) in [6, 6.07) is -0.612. The van der Waals surface area contributed by atoms with Gasteiger partial charge in [-0.05, 0) is 44.9 Å². The highest BCUT2D eigenvalue weighted by Gasteiger charge is 2.31. The Labute approximate surface area is 243 Å². The predicted molar refractivity (Wildman–Crippen MR) is 160 cm³/mol. The number of rotatable bonds is 25. The average molecular weight is 567 g/mol. The maximum atomic E-state index is 12.4. The number of aliphatic carboxylic acids is 1. The molecule has 0 aromatic heterocycles. The zero-order chi connectivity index (χ0) is 30.1. The van der Waals surface area contributed by atoms with Crippen molar-refractivity contribution in [2.24, 2.45) is 0 Å². The van der Waals surface area contributed by atoms with Gasteiger partial charge in [0.2, 0.25) is 0 Å². The van der Waals surface area contributed by atoms with Crippen molar-refractivity contribution in [2.75, 3.05) is 41.0 Å². The normalized spacial score (nSPS) is 13.7. The lowest BCUT2D eigenvalue weighted by Gasteiger charge is -2.31. The smallest absolute Gasteiger partial charge is 0.362 e. The van der Waals surface area contributed by atoms with E-state index in [2.05, 4.69) is 43.4 Å². The minimum absolute atomic E-state index is 0.0494. The van der Waals surface area contributed by atoms with Gasteiger partial charge in [-0.15, -0.1) is 0 Å². The molecule has 0 saturated carbocycles. The second-order valence-corrected chi connectivity index (χ2v) is 11.0. The van der Waals surface area contributed by atoms with Crippen LogP contribution in [0.5, 0.6) is 0 Å². The Bertz CT molecular complexity index is 768. The molecule has 8 nitrogen and oxygen atoms in total. The topological polar surface area (TPSA) is 99.1 Å². The second kappa shape index (κ2) is 24.4. The Kier molecular flexibility index (Phi) is 22.9. The number of quaternary nitrogens is 1. The monoisotopic (exact) mass is 566 g/mol. The van der Waals surface area contributed by atoms with Crippen LogP contribution in [0.3, 0.4) is 0 Å². The van der Waals surface area contributed by atoms with E-state index < -0.39 is 18.1 Å². The van der Waals surface area contributed by atoms with Crippen molar-refractivity contribution in [3.05, 3.63) is 36.5 Å². The highest BCUT2D eigenvalue weighted by Crippen LogP contribution is 2.11. The zero-order valence-corrected chi connectivity index (χ0v) is 25.8. The van der Waals surface area contributed by atoms with Crippen molar-refractivity contribution in [1.29, 1.82) is 0 Å². The first-order valence-corrected chi connectivity index (χ1v) is 15.0. The van der Waals surface area contributed by atoms with E-state index in [1.165, 1.54) is 0 Å². The van der Waals surface area contributed by atoms with Crippen molar-refractivity contribution in [3.63, 3.8) is 0 Å². The van der Waals surface area contributed by atoms with E-state index in [-0.39, 0.29) is 36.2 Å². The molecule has 0 aliphatic carbocycles. The van der Waals surface area contributed by atoms with Crippen LogP contribution in [0, 0.1) is 0 Å². The van der Waals surface area contributed by atoms with E-state index in [9.17, 15) is 19.5 Å². The van der Waals surface area contributed by atoms with Gasteiger partial charge < -0.3 is 23.8 Å². The molecule has 0 radical (unpaired) electrons. The maximum Gasteiger partial charge on any atom is 0.362 e. The summed E-state index contributed by atoms with van der Waals surface area (Å²) in [5.74, 6) is -1.57. The van der Waals surface area contributed by atoms with Gasteiger partial charge in [-0.2, -0.15) is 0 Å². The fourth-order valence-corrected chi connectivity index (χ4v) is 3.96. The van der Waals surface area contributed by atoms with Gasteiger partial charge in [0.25, 0.3) is 0 Å². The Morgan fingerprint density at radius 2 is 1.40 bits per heavy atom. The van der Waals surface area contributed by atoms with E-state index in [1.807, 2.05) is 28.1 Å². The predicted octanol–water partition coefficient (Wildman–Crippen LogP) is 6.40. The Hall–Kier alpha value is -2.45. The molecule has 8 heteroatoms. The highest BCUT2D eigenvalue weighted by atomic mass is 16.6. The first-order valence-electron chi connectivity index (χ1n) is 15.0. The summed E-state index contributed by atoms with van der Waals surface area (Å²) in [4.78, 5) is 35.7. The van der Waals surface area contributed by atoms with Crippen LogP contribution in [0.4, 0.5) is 0 Å². The number of nitrogens with zero attached hydrogens (tertiary/aromatic N) is 1. The van der Waals surface area contributed by atoms with E-state index >= 15 is 0 Å². The molecule has 0 spiro atoms. The molecule has 0 amide bonds. The van der Waals surface area contributed by atoms with E-state index in [4.69, 9.17) is 14.2 Å². The standard InChI is InChI=1S/C32H55NO7/c1-6-8-9-10-11-12-13-14-15-16-17-18-19-20-21-23-31(35)40-28(27-39-30(34)22-7-2)26-38-25-24-29(32(36)37)33(3,4)5/h8-9,11-12,14-15,28-29H,6-7,10,13,16-27H2,1-5H3/p+1/b9-8-,12-11-,15-14-. The molecule has 0 aliphatic rings. The summed E-state index contributed by atoms with van der Waals surface area (Å²) in [6.07, 6.45) is 23.3. The van der Waals surface area contributed by atoms with Gasteiger partial charge in [-0.25, -0.2) is 4.79 Å². The lowest BCUT2D eigenvalue weighted by molar-refractivity contribution is -0.887. The SMILES string of the molecule is CC/C=C\C/C=C\C/C=C\CCCCCCCC(=O)OC(COCCC(C(=O)O)[N+](C)(C)C)COC(=O)CCC. The maximum absolute atomic E-state index is 12.4. The third kappa shape index (κ3) is 22.4. The molecule has 0 aliphatic heterocycles. The van der Waals surface area contributed by atoms with Crippen molar-refractivity contribution in [2.45, 2.75) is 109 Å². The number of carboxylic acids is 1. The molecule has 230 valence electrons. The molecular weight excluding hydrogens is 510 g/mol. The van der Waals surface area contributed by atoms with Crippen LogP contribution < -0.4 is 0 Å². The summed E-state index contributed by atoms with van der Waals surface area (Å²) < 4.78 is 16.7. The summed E-state index contributed by atoms with van der Waals surface area (Å²) in [5.41, 5.74) is 0. The number of esters is 2. The van der Waals surface area contributed by atoms with Gasteiger partial charge in [0.1, 0.15) is 6.61 Å². The lowest BCUT2D eigenvalue weighted by Crippen LogP contribution is -2.50. The number of unbranched alkanes of at least 4 members (excludes halogenated alkanes) is 5. The molecule has 0 aromatic rings. The molecule has 0 heterocycles. The number of hydrogen-bond acceptors (Lipinski definition) is 6. The molecule has 2 atom stereocenters. The summed E-state index contributed by atoms with van der Waals surface area (Å²) >= 11 is 0. The van der Waals surface area contributed by atoms with Gasteiger partial charge >= 0.3 is 17.9 Å². The van der Waals surface area contributed by atoms with Gasteiger partial charge in [0, 0.05) is 19.3 Å². The van der Waals surface area contributed by atoms with Crippen LogP contribution in [0.1, 0.15) is 97.3 Å². The van der Waals surface area contributed by atoms with Gasteiger partial charge in [-0.1, -0.05) is 69.6 Å². The van der Waals surface area contributed by atoms with E-state index in [0.717, 1.165) is 57.8 Å². The zero-order valence-electron chi connectivity index (χ0n) is 25.8. The van der Waals surface area contributed by atoms with E-state index in [0.29, 0.717) is 25.7 Å². The number of likely N-dealkylation sites (N-methyl/N-ethyl adjacent to an activating group) is 1. The molecule has 0 saturated heterocycles.